The van der Waals surface area contributed by atoms with E-state index < -0.39 is 12.0 Å². The summed E-state index contributed by atoms with van der Waals surface area (Å²) in [5.74, 6) is 0.800. The van der Waals surface area contributed by atoms with E-state index in [2.05, 4.69) is 15.5 Å². The van der Waals surface area contributed by atoms with Crippen molar-refractivity contribution in [2.24, 2.45) is 0 Å². The van der Waals surface area contributed by atoms with Crippen molar-refractivity contribution < 1.29 is 23.9 Å². The van der Waals surface area contributed by atoms with Crippen molar-refractivity contribution in [1.29, 1.82) is 0 Å². The van der Waals surface area contributed by atoms with E-state index in [1.165, 1.54) is 4.90 Å². The lowest BCUT2D eigenvalue weighted by molar-refractivity contribution is -0.139. The molecule has 2 aromatic carbocycles. The van der Waals surface area contributed by atoms with Crippen molar-refractivity contribution in [2.45, 2.75) is 19.9 Å². The van der Waals surface area contributed by atoms with Crippen molar-refractivity contribution >= 4 is 18.0 Å². The highest BCUT2D eigenvalue weighted by molar-refractivity contribution is 5.95. The zero-order valence-electron chi connectivity index (χ0n) is 22.1. The lowest BCUT2D eigenvalue weighted by Gasteiger charge is -2.39. The Kier molecular flexibility index (Phi) is 8.85. The Morgan fingerprint density at radius 2 is 1.71 bits per heavy atom. The van der Waals surface area contributed by atoms with Crippen molar-refractivity contribution in [3.63, 3.8) is 0 Å². The maximum absolute atomic E-state index is 13.3. The maximum atomic E-state index is 13.3. The highest BCUT2D eigenvalue weighted by Crippen LogP contribution is 2.34. The van der Waals surface area contributed by atoms with E-state index in [4.69, 9.17) is 9.47 Å². The van der Waals surface area contributed by atoms with Crippen LogP contribution in [0.1, 0.15) is 25.5 Å². The largest absolute Gasteiger partial charge is 0.463 e. The zero-order chi connectivity index (χ0) is 27.1. The Morgan fingerprint density at radius 1 is 1.00 bits per heavy atom. The van der Waals surface area contributed by atoms with Crippen LogP contribution in [-0.4, -0.2) is 85.7 Å². The fraction of sp³-hybridized carbons (Fsp3) is 0.393. The summed E-state index contributed by atoms with van der Waals surface area (Å²) in [5, 5.41) is 5.79. The summed E-state index contributed by atoms with van der Waals surface area (Å²) < 4.78 is 11.4. The molecule has 0 aliphatic carbocycles. The number of hydrogen-bond donors (Lipinski definition) is 2. The standard InChI is InChI=1S/C28H35N5O5/c1-4-29-27(35)33-16-14-32(15-17-33)19-23-24(26(34)37-5-2)25(30-28(36)31(23)3)20-10-9-13-22(18-20)38-21-11-7-6-8-12-21/h6-13,18,25H,4-5,14-17,19H2,1-3H3,(H,29,35)(H,30,36)/t25-/m0/s1. The predicted octanol–water partition coefficient (Wildman–Crippen LogP) is 3.34. The number of hydrogen-bond acceptors (Lipinski definition) is 6. The normalized spacial score (nSPS) is 18.2. The van der Waals surface area contributed by atoms with Crippen molar-refractivity contribution in [3.8, 4) is 11.5 Å². The van der Waals surface area contributed by atoms with Gasteiger partial charge in [-0.1, -0.05) is 30.3 Å². The summed E-state index contributed by atoms with van der Waals surface area (Å²) in [7, 11) is 1.65. The number of piperazine rings is 1. The molecule has 10 nitrogen and oxygen atoms in total. The van der Waals surface area contributed by atoms with Gasteiger partial charge in [0.25, 0.3) is 0 Å². The summed E-state index contributed by atoms with van der Waals surface area (Å²) >= 11 is 0. The molecule has 0 radical (unpaired) electrons. The summed E-state index contributed by atoms with van der Waals surface area (Å²) in [4.78, 5) is 44.0. The topological polar surface area (TPSA) is 103 Å². The van der Waals surface area contributed by atoms with Gasteiger partial charge in [0.2, 0.25) is 0 Å². The fourth-order valence-electron chi connectivity index (χ4n) is 4.61. The molecule has 2 aromatic rings. The monoisotopic (exact) mass is 521 g/mol. The number of ether oxygens (including phenoxy) is 2. The van der Waals surface area contributed by atoms with Gasteiger partial charge in [-0.05, 0) is 43.7 Å². The summed E-state index contributed by atoms with van der Waals surface area (Å²) in [6.45, 7) is 7.18. The highest BCUT2D eigenvalue weighted by Gasteiger charge is 2.38. The van der Waals surface area contributed by atoms with Gasteiger partial charge in [-0.25, -0.2) is 14.4 Å². The third-order valence-electron chi connectivity index (χ3n) is 6.60. The number of nitrogens with one attached hydrogen (secondary N) is 2. The van der Waals surface area contributed by atoms with Gasteiger partial charge < -0.3 is 25.0 Å². The SMILES string of the molecule is CCNC(=O)N1CCN(CC2=C(C(=O)OCC)[C@H](c3cccc(Oc4ccccc4)c3)NC(=O)N2C)CC1. The summed E-state index contributed by atoms with van der Waals surface area (Å²) in [6, 6.07) is 15.7. The Labute approximate surface area is 223 Å². The molecule has 2 aliphatic heterocycles. The molecule has 202 valence electrons. The van der Waals surface area contributed by atoms with Gasteiger partial charge in [-0.2, -0.15) is 0 Å². The molecule has 2 heterocycles. The van der Waals surface area contributed by atoms with Crippen LogP contribution in [0.2, 0.25) is 0 Å². The molecule has 4 rings (SSSR count). The average molecular weight is 522 g/mol. The van der Waals surface area contributed by atoms with Crippen LogP contribution in [-0.2, 0) is 9.53 Å². The molecule has 1 atom stereocenters. The second-order valence-electron chi connectivity index (χ2n) is 9.11. The van der Waals surface area contributed by atoms with E-state index in [-0.39, 0.29) is 18.7 Å². The quantitative estimate of drug-likeness (QED) is 0.517. The molecule has 0 spiro atoms. The van der Waals surface area contributed by atoms with E-state index in [1.54, 1.807) is 18.9 Å². The van der Waals surface area contributed by atoms with Crippen LogP contribution in [0.5, 0.6) is 11.5 Å². The lowest BCUT2D eigenvalue weighted by atomic mass is 9.94. The molecule has 4 amide bonds. The van der Waals surface area contributed by atoms with Gasteiger partial charge in [0.1, 0.15) is 11.5 Å². The van der Waals surface area contributed by atoms with Gasteiger partial charge in [-0.3, -0.25) is 9.80 Å². The van der Waals surface area contributed by atoms with Gasteiger partial charge in [0, 0.05) is 52.0 Å². The average Bonchev–Trinajstić information content (AvgIpc) is 2.92. The Hall–Kier alpha value is -4.05. The molecule has 0 bridgehead atoms. The molecule has 38 heavy (non-hydrogen) atoms. The first kappa shape index (κ1) is 27.0. The predicted molar refractivity (Wildman–Crippen MR) is 143 cm³/mol. The summed E-state index contributed by atoms with van der Waals surface area (Å²) in [6.07, 6.45) is 0. The van der Waals surface area contributed by atoms with Gasteiger partial charge >= 0.3 is 18.0 Å². The first-order valence-electron chi connectivity index (χ1n) is 12.9. The molecular formula is C28H35N5O5. The van der Waals surface area contributed by atoms with E-state index in [1.807, 2.05) is 61.5 Å². The molecule has 2 N–H and O–H groups in total. The molecular weight excluding hydrogens is 486 g/mol. The number of benzene rings is 2. The molecule has 0 saturated carbocycles. The maximum Gasteiger partial charge on any atom is 0.338 e. The van der Waals surface area contributed by atoms with Gasteiger partial charge in [0.05, 0.1) is 18.2 Å². The molecule has 2 aliphatic rings. The number of likely N-dealkylation sites (N-methyl/N-ethyl adjacent to an activating group) is 1. The highest BCUT2D eigenvalue weighted by atomic mass is 16.5. The van der Waals surface area contributed by atoms with E-state index in [0.717, 1.165) is 0 Å². The molecule has 10 heteroatoms. The van der Waals surface area contributed by atoms with Crippen LogP contribution in [0.15, 0.2) is 65.9 Å². The first-order chi connectivity index (χ1) is 18.4. The smallest absolute Gasteiger partial charge is 0.338 e. The minimum absolute atomic E-state index is 0.0783. The Bertz CT molecular complexity index is 1180. The molecule has 1 fully saturated rings. The van der Waals surface area contributed by atoms with Crippen molar-refractivity contribution in [2.75, 3.05) is 52.9 Å². The minimum Gasteiger partial charge on any atom is -0.463 e. The van der Waals surface area contributed by atoms with E-state index in [9.17, 15) is 14.4 Å². The van der Waals surface area contributed by atoms with Crippen LogP contribution < -0.4 is 15.4 Å². The number of urea groups is 2. The third-order valence-corrected chi connectivity index (χ3v) is 6.60. The number of carbonyl (C=O) groups is 3. The second kappa shape index (κ2) is 12.5. The molecule has 1 saturated heterocycles. The Morgan fingerprint density at radius 3 is 2.39 bits per heavy atom. The number of rotatable bonds is 8. The number of amides is 4. The molecule has 0 unspecified atom stereocenters. The lowest BCUT2D eigenvalue weighted by Crippen LogP contribution is -2.54. The number of nitrogens with zero attached hydrogens (tertiary/aromatic N) is 3. The first-order valence-corrected chi connectivity index (χ1v) is 12.9. The van der Waals surface area contributed by atoms with E-state index >= 15 is 0 Å². The zero-order valence-corrected chi connectivity index (χ0v) is 22.1. The fourth-order valence-corrected chi connectivity index (χ4v) is 4.61. The van der Waals surface area contributed by atoms with Crippen molar-refractivity contribution in [1.82, 2.24) is 25.3 Å². The number of esters is 1. The van der Waals surface area contributed by atoms with Crippen LogP contribution >= 0.6 is 0 Å². The van der Waals surface area contributed by atoms with Gasteiger partial charge in [0.15, 0.2) is 0 Å². The summed E-state index contributed by atoms with van der Waals surface area (Å²) in [5.41, 5.74) is 1.68. The molecule has 0 aromatic heterocycles. The van der Waals surface area contributed by atoms with Crippen LogP contribution in [0.3, 0.4) is 0 Å². The number of para-hydroxylation sites is 1. The second-order valence-corrected chi connectivity index (χ2v) is 9.11. The third kappa shape index (κ3) is 6.25. The van der Waals surface area contributed by atoms with Crippen LogP contribution in [0, 0.1) is 0 Å². The minimum atomic E-state index is -0.705. The number of carbonyl (C=O) groups excluding carboxylic acids is 3. The van der Waals surface area contributed by atoms with Crippen molar-refractivity contribution in [3.05, 3.63) is 71.4 Å². The van der Waals surface area contributed by atoms with Gasteiger partial charge in [-0.15, -0.1) is 0 Å². The van der Waals surface area contributed by atoms with Crippen LogP contribution in [0.25, 0.3) is 0 Å². The van der Waals surface area contributed by atoms with Crippen LogP contribution in [0.4, 0.5) is 9.59 Å². The Balaban J connectivity index is 1.62. The van der Waals surface area contributed by atoms with E-state index in [0.29, 0.717) is 67.6 Å².